The smallest absolute Gasteiger partial charge is 0.338 e. The monoisotopic (exact) mass is 449 g/mol. The summed E-state index contributed by atoms with van der Waals surface area (Å²) in [6.07, 6.45) is 3.81. The molecule has 1 saturated heterocycles. The Bertz CT molecular complexity index is 1110. The first-order chi connectivity index (χ1) is 15.8. The summed E-state index contributed by atoms with van der Waals surface area (Å²) in [6.45, 7) is 3.50. The van der Waals surface area contributed by atoms with Gasteiger partial charge in [0.25, 0.3) is 5.91 Å². The predicted molar refractivity (Wildman–Crippen MR) is 122 cm³/mol. The van der Waals surface area contributed by atoms with E-state index >= 15 is 0 Å². The highest BCUT2D eigenvalue weighted by molar-refractivity contribution is 6.10. The van der Waals surface area contributed by atoms with Gasteiger partial charge in [-0.3, -0.25) is 14.5 Å². The fourth-order valence-electron chi connectivity index (χ4n) is 4.23. The van der Waals surface area contributed by atoms with Crippen molar-refractivity contribution in [2.75, 3.05) is 18.5 Å². The number of nitrogens with one attached hydrogen (secondary N) is 2. The van der Waals surface area contributed by atoms with E-state index in [0.717, 1.165) is 36.1 Å². The Balaban J connectivity index is 1.40. The van der Waals surface area contributed by atoms with Crippen molar-refractivity contribution in [3.05, 3.63) is 64.7 Å². The van der Waals surface area contributed by atoms with Gasteiger partial charge in [-0.05, 0) is 73.6 Å². The fourth-order valence-corrected chi connectivity index (χ4v) is 4.23. The standard InChI is InChI=1S/C25H27N3O5/c1-3-13-33-22(30)17-8-11-20(12-9-17)26-21(29)15-28-23(31)25(2,27-24(28)32)19-10-7-16-5-4-6-18(16)14-19/h7-12,14H,3-6,13,15H2,1-2H3,(H,26,29)(H,27,32). The largest absolute Gasteiger partial charge is 0.462 e. The summed E-state index contributed by atoms with van der Waals surface area (Å²) in [7, 11) is 0. The van der Waals surface area contributed by atoms with E-state index in [0.29, 0.717) is 17.9 Å². The number of hydrogen-bond acceptors (Lipinski definition) is 5. The van der Waals surface area contributed by atoms with Crippen LogP contribution in [0, 0.1) is 0 Å². The molecule has 0 saturated carbocycles. The van der Waals surface area contributed by atoms with Gasteiger partial charge in [0.15, 0.2) is 0 Å². The lowest BCUT2D eigenvalue weighted by Crippen LogP contribution is -2.42. The minimum Gasteiger partial charge on any atom is -0.462 e. The molecular weight excluding hydrogens is 422 g/mol. The molecule has 172 valence electrons. The number of amides is 4. The van der Waals surface area contributed by atoms with Crippen LogP contribution in [-0.2, 0) is 32.7 Å². The molecule has 4 amide bonds. The van der Waals surface area contributed by atoms with E-state index < -0.39 is 35.9 Å². The Morgan fingerprint density at radius 2 is 1.82 bits per heavy atom. The number of nitrogens with zero attached hydrogens (tertiary/aromatic N) is 1. The lowest BCUT2D eigenvalue weighted by molar-refractivity contribution is -0.133. The van der Waals surface area contributed by atoms with Crippen molar-refractivity contribution in [1.82, 2.24) is 10.2 Å². The molecule has 0 spiro atoms. The molecule has 1 heterocycles. The highest BCUT2D eigenvalue weighted by Gasteiger charge is 2.49. The second kappa shape index (κ2) is 9.05. The second-order valence-corrected chi connectivity index (χ2v) is 8.54. The van der Waals surface area contributed by atoms with E-state index in [1.807, 2.05) is 25.1 Å². The molecule has 1 aliphatic heterocycles. The zero-order valence-electron chi connectivity index (χ0n) is 18.8. The molecule has 1 atom stereocenters. The summed E-state index contributed by atoms with van der Waals surface area (Å²) in [5, 5.41) is 5.40. The number of benzene rings is 2. The third-order valence-electron chi connectivity index (χ3n) is 6.09. The number of aryl methyl sites for hydroxylation is 2. The number of urea groups is 1. The first-order valence-electron chi connectivity index (χ1n) is 11.1. The SMILES string of the molecule is CCCOC(=O)c1ccc(NC(=O)CN2C(=O)NC(C)(c3ccc4c(c3)CCC4)C2=O)cc1. The maximum absolute atomic E-state index is 13.1. The third-order valence-corrected chi connectivity index (χ3v) is 6.09. The lowest BCUT2D eigenvalue weighted by Gasteiger charge is -2.23. The van der Waals surface area contributed by atoms with Crippen LogP contribution in [0.2, 0.25) is 0 Å². The van der Waals surface area contributed by atoms with Gasteiger partial charge in [0.05, 0.1) is 12.2 Å². The Kier molecular flexibility index (Phi) is 6.18. The third kappa shape index (κ3) is 4.46. The molecule has 8 nitrogen and oxygen atoms in total. The van der Waals surface area contributed by atoms with Crippen molar-refractivity contribution < 1.29 is 23.9 Å². The van der Waals surface area contributed by atoms with Gasteiger partial charge in [-0.15, -0.1) is 0 Å². The maximum Gasteiger partial charge on any atom is 0.338 e. The summed E-state index contributed by atoms with van der Waals surface area (Å²) < 4.78 is 5.08. The second-order valence-electron chi connectivity index (χ2n) is 8.54. The molecule has 1 fully saturated rings. The van der Waals surface area contributed by atoms with Gasteiger partial charge in [-0.1, -0.05) is 25.1 Å². The average molecular weight is 450 g/mol. The van der Waals surface area contributed by atoms with E-state index in [2.05, 4.69) is 10.6 Å². The van der Waals surface area contributed by atoms with Crippen LogP contribution in [-0.4, -0.2) is 41.9 Å². The van der Waals surface area contributed by atoms with Gasteiger partial charge in [-0.25, -0.2) is 9.59 Å². The number of imide groups is 1. The number of fused-ring (bicyclic) bond motifs is 1. The van der Waals surface area contributed by atoms with Crippen LogP contribution >= 0.6 is 0 Å². The summed E-state index contributed by atoms with van der Waals surface area (Å²) in [4.78, 5) is 51.1. The van der Waals surface area contributed by atoms with Crippen molar-refractivity contribution in [3.8, 4) is 0 Å². The molecular formula is C25H27N3O5. The Labute approximate surface area is 192 Å². The molecule has 4 rings (SSSR count). The van der Waals surface area contributed by atoms with Crippen LogP contribution in [0.1, 0.15) is 53.7 Å². The Morgan fingerprint density at radius 1 is 1.09 bits per heavy atom. The highest BCUT2D eigenvalue weighted by atomic mass is 16.5. The normalized spacial score (nSPS) is 19.3. The summed E-state index contributed by atoms with van der Waals surface area (Å²) >= 11 is 0. The Hall–Kier alpha value is -3.68. The van der Waals surface area contributed by atoms with Crippen LogP contribution in [0.15, 0.2) is 42.5 Å². The molecule has 2 aromatic rings. The van der Waals surface area contributed by atoms with Gasteiger partial charge >= 0.3 is 12.0 Å². The van der Waals surface area contributed by atoms with Crippen molar-refractivity contribution >= 4 is 29.5 Å². The fraction of sp³-hybridized carbons (Fsp3) is 0.360. The van der Waals surface area contributed by atoms with Crippen molar-refractivity contribution in [3.63, 3.8) is 0 Å². The van der Waals surface area contributed by atoms with Gasteiger partial charge in [-0.2, -0.15) is 0 Å². The number of hydrogen-bond donors (Lipinski definition) is 2. The molecule has 2 aliphatic rings. The number of ether oxygens (including phenoxy) is 1. The minimum absolute atomic E-state index is 0.341. The molecule has 2 aromatic carbocycles. The van der Waals surface area contributed by atoms with E-state index in [1.54, 1.807) is 31.2 Å². The van der Waals surface area contributed by atoms with Gasteiger partial charge in [0, 0.05) is 5.69 Å². The molecule has 33 heavy (non-hydrogen) atoms. The van der Waals surface area contributed by atoms with E-state index in [9.17, 15) is 19.2 Å². The van der Waals surface area contributed by atoms with Gasteiger partial charge < -0.3 is 15.4 Å². The van der Waals surface area contributed by atoms with Crippen molar-refractivity contribution in [2.45, 2.75) is 45.1 Å². The molecule has 0 bridgehead atoms. The quantitative estimate of drug-likeness (QED) is 0.499. The molecule has 1 unspecified atom stereocenters. The molecule has 2 N–H and O–H groups in total. The molecule has 0 aromatic heterocycles. The van der Waals surface area contributed by atoms with Gasteiger partial charge in [0.2, 0.25) is 5.91 Å². The summed E-state index contributed by atoms with van der Waals surface area (Å²) in [5.74, 6) is -1.41. The maximum atomic E-state index is 13.1. The topological polar surface area (TPSA) is 105 Å². The highest BCUT2D eigenvalue weighted by Crippen LogP contribution is 2.32. The number of rotatable bonds is 7. The predicted octanol–water partition coefficient (Wildman–Crippen LogP) is 3.15. The lowest BCUT2D eigenvalue weighted by atomic mass is 9.89. The van der Waals surface area contributed by atoms with Crippen LogP contribution in [0.25, 0.3) is 0 Å². The number of esters is 1. The Morgan fingerprint density at radius 3 is 2.55 bits per heavy atom. The first kappa shape index (κ1) is 22.5. The first-order valence-corrected chi connectivity index (χ1v) is 11.1. The van der Waals surface area contributed by atoms with E-state index in [1.165, 1.54) is 11.1 Å². The minimum atomic E-state index is -1.21. The van der Waals surface area contributed by atoms with Crippen LogP contribution < -0.4 is 10.6 Å². The summed E-state index contributed by atoms with van der Waals surface area (Å²) in [5.41, 5.74) is 2.81. The molecule has 0 radical (unpaired) electrons. The van der Waals surface area contributed by atoms with Crippen LogP contribution in [0.5, 0.6) is 0 Å². The van der Waals surface area contributed by atoms with Crippen LogP contribution in [0.3, 0.4) is 0 Å². The zero-order chi connectivity index (χ0) is 23.6. The molecule has 8 heteroatoms. The number of carbonyl (C=O) groups excluding carboxylic acids is 4. The zero-order valence-corrected chi connectivity index (χ0v) is 18.8. The molecule has 1 aliphatic carbocycles. The van der Waals surface area contributed by atoms with Gasteiger partial charge in [0.1, 0.15) is 12.1 Å². The van der Waals surface area contributed by atoms with Crippen LogP contribution in [0.4, 0.5) is 10.5 Å². The summed E-state index contributed by atoms with van der Waals surface area (Å²) in [6, 6.07) is 11.5. The van der Waals surface area contributed by atoms with Crippen molar-refractivity contribution in [2.24, 2.45) is 0 Å². The van der Waals surface area contributed by atoms with E-state index in [4.69, 9.17) is 4.74 Å². The van der Waals surface area contributed by atoms with Crippen molar-refractivity contribution in [1.29, 1.82) is 0 Å². The average Bonchev–Trinajstić information content (AvgIpc) is 3.36. The number of carbonyl (C=O) groups is 4. The number of anilines is 1. The van der Waals surface area contributed by atoms with E-state index in [-0.39, 0.29) is 0 Å².